The molecule has 29 heavy (non-hydrogen) atoms. The van der Waals surface area contributed by atoms with Gasteiger partial charge in [0.25, 0.3) is 0 Å². The van der Waals surface area contributed by atoms with Crippen LogP contribution in [0.3, 0.4) is 0 Å². The van der Waals surface area contributed by atoms with E-state index < -0.39 is 0 Å². The van der Waals surface area contributed by atoms with Gasteiger partial charge in [-0.3, -0.25) is 9.89 Å². The zero-order valence-electron chi connectivity index (χ0n) is 18.8. The van der Waals surface area contributed by atoms with Crippen LogP contribution in [0.1, 0.15) is 56.1 Å². The van der Waals surface area contributed by atoms with Crippen molar-refractivity contribution in [3.8, 4) is 0 Å². The molecule has 1 heterocycles. The van der Waals surface area contributed by atoms with Gasteiger partial charge in [-0.05, 0) is 70.5 Å². The predicted octanol–water partition coefficient (Wildman–Crippen LogP) is 4.08. The van der Waals surface area contributed by atoms with E-state index >= 15 is 0 Å². The summed E-state index contributed by atoms with van der Waals surface area (Å²) in [6, 6.07) is 9.00. The average molecular weight is 516 g/mol. The third kappa shape index (κ3) is 11.8. The normalized spacial score (nSPS) is 14.8. The van der Waals surface area contributed by atoms with E-state index in [1.165, 1.54) is 75.7 Å². The SMILES string of the molecule is CN=C(NCCCCCCCN(C)C)NCc1ccc(CN2CCCC2)cc1.I. The number of likely N-dealkylation sites (tertiary alicyclic amines) is 1. The lowest BCUT2D eigenvalue weighted by Gasteiger charge is -2.15. The highest BCUT2D eigenvalue weighted by Gasteiger charge is 2.11. The zero-order chi connectivity index (χ0) is 20.0. The van der Waals surface area contributed by atoms with Gasteiger partial charge in [-0.1, -0.05) is 43.5 Å². The van der Waals surface area contributed by atoms with Crippen LogP contribution in [0.2, 0.25) is 0 Å². The van der Waals surface area contributed by atoms with Gasteiger partial charge < -0.3 is 15.5 Å². The fourth-order valence-corrected chi connectivity index (χ4v) is 3.66. The number of nitrogens with one attached hydrogen (secondary N) is 2. The molecule has 6 heteroatoms. The van der Waals surface area contributed by atoms with Crippen LogP contribution in [0, 0.1) is 0 Å². The molecule has 0 atom stereocenters. The number of unbranched alkanes of at least 4 members (excludes halogenated alkanes) is 4. The van der Waals surface area contributed by atoms with Gasteiger partial charge in [-0.25, -0.2) is 0 Å². The van der Waals surface area contributed by atoms with Gasteiger partial charge in [0.15, 0.2) is 5.96 Å². The van der Waals surface area contributed by atoms with E-state index in [4.69, 9.17) is 0 Å². The summed E-state index contributed by atoms with van der Waals surface area (Å²) in [6.07, 6.45) is 9.16. The van der Waals surface area contributed by atoms with Crippen molar-refractivity contribution >= 4 is 29.9 Å². The quantitative estimate of drug-likeness (QED) is 0.191. The number of rotatable bonds is 12. The maximum atomic E-state index is 4.34. The molecule has 1 fully saturated rings. The predicted molar refractivity (Wildman–Crippen MR) is 136 cm³/mol. The molecule has 5 nitrogen and oxygen atoms in total. The fraction of sp³-hybridized carbons (Fsp3) is 0.696. The minimum atomic E-state index is 0. The van der Waals surface area contributed by atoms with Gasteiger partial charge in [-0.15, -0.1) is 24.0 Å². The van der Waals surface area contributed by atoms with Crippen molar-refractivity contribution in [1.29, 1.82) is 0 Å². The van der Waals surface area contributed by atoms with E-state index in [2.05, 4.69) is 63.8 Å². The molecule has 0 bridgehead atoms. The van der Waals surface area contributed by atoms with Gasteiger partial charge >= 0.3 is 0 Å². The lowest BCUT2D eigenvalue weighted by molar-refractivity contribution is 0.331. The molecule has 0 radical (unpaired) electrons. The highest BCUT2D eigenvalue weighted by atomic mass is 127. The van der Waals surface area contributed by atoms with Crippen LogP contribution in [0.25, 0.3) is 0 Å². The first-order chi connectivity index (χ1) is 13.7. The van der Waals surface area contributed by atoms with Crippen LogP contribution in [0.15, 0.2) is 29.3 Å². The topological polar surface area (TPSA) is 42.9 Å². The minimum absolute atomic E-state index is 0. The molecule has 0 spiro atoms. The maximum Gasteiger partial charge on any atom is 0.191 e. The number of halogens is 1. The zero-order valence-corrected chi connectivity index (χ0v) is 21.1. The number of guanidine groups is 1. The molecule has 1 aromatic carbocycles. The summed E-state index contributed by atoms with van der Waals surface area (Å²) in [7, 11) is 6.13. The number of aliphatic imine (C=N–C) groups is 1. The molecule has 166 valence electrons. The van der Waals surface area contributed by atoms with E-state index in [1.807, 2.05) is 7.05 Å². The van der Waals surface area contributed by atoms with Crippen LogP contribution in [-0.4, -0.2) is 63.1 Å². The number of benzene rings is 1. The second-order valence-corrected chi connectivity index (χ2v) is 8.22. The minimum Gasteiger partial charge on any atom is -0.356 e. The third-order valence-corrected chi connectivity index (χ3v) is 5.39. The maximum absolute atomic E-state index is 4.34. The van der Waals surface area contributed by atoms with E-state index in [0.717, 1.165) is 25.6 Å². The molecule has 0 amide bonds. The van der Waals surface area contributed by atoms with E-state index in [1.54, 1.807) is 0 Å². The summed E-state index contributed by atoms with van der Waals surface area (Å²) in [5.41, 5.74) is 2.72. The van der Waals surface area contributed by atoms with Crippen LogP contribution < -0.4 is 10.6 Å². The largest absolute Gasteiger partial charge is 0.356 e. The van der Waals surface area contributed by atoms with Crippen molar-refractivity contribution in [2.45, 2.75) is 58.0 Å². The Morgan fingerprint density at radius 1 is 0.931 bits per heavy atom. The Balaban J connectivity index is 0.00000420. The van der Waals surface area contributed by atoms with Crippen molar-refractivity contribution in [2.75, 3.05) is 47.3 Å². The van der Waals surface area contributed by atoms with Crippen molar-refractivity contribution < 1.29 is 0 Å². The molecule has 1 aromatic rings. The summed E-state index contributed by atoms with van der Waals surface area (Å²) in [5, 5.41) is 6.86. The molecule has 0 aliphatic carbocycles. The van der Waals surface area contributed by atoms with Gasteiger partial charge in [-0.2, -0.15) is 0 Å². The molecule has 0 aromatic heterocycles. The summed E-state index contributed by atoms with van der Waals surface area (Å²) in [5.74, 6) is 0.897. The van der Waals surface area contributed by atoms with Crippen molar-refractivity contribution in [3.63, 3.8) is 0 Å². The highest BCUT2D eigenvalue weighted by Crippen LogP contribution is 2.13. The first kappa shape index (κ1) is 26.2. The molecular weight excluding hydrogens is 473 g/mol. The van der Waals surface area contributed by atoms with Crippen molar-refractivity contribution in [2.24, 2.45) is 4.99 Å². The van der Waals surface area contributed by atoms with Crippen LogP contribution in [0.5, 0.6) is 0 Å². The monoisotopic (exact) mass is 515 g/mol. The Kier molecular flexibility index (Phi) is 14.4. The van der Waals surface area contributed by atoms with E-state index in [9.17, 15) is 0 Å². The highest BCUT2D eigenvalue weighted by molar-refractivity contribution is 14.0. The summed E-state index contributed by atoms with van der Waals surface area (Å²) in [6.45, 7) is 6.60. The van der Waals surface area contributed by atoms with E-state index in [0.29, 0.717) is 0 Å². The Bertz CT molecular complexity index is 553. The van der Waals surface area contributed by atoms with Crippen LogP contribution >= 0.6 is 24.0 Å². The lowest BCUT2D eigenvalue weighted by atomic mass is 10.1. The average Bonchev–Trinajstić information content (AvgIpc) is 3.20. The first-order valence-electron chi connectivity index (χ1n) is 11.1. The molecule has 0 saturated carbocycles. The molecule has 2 rings (SSSR count). The third-order valence-electron chi connectivity index (χ3n) is 5.39. The van der Waals surface area contributed by atoms with Crippen LogP contribution in [-0.2, 0) is 13.1 Å². The summed E-state index contributed by atoms with van der Waals surface area (Å²) >= 11 is 0. The standard InChI is InChI=1S/C23H41N5.HI/c1-24-23(25-15-7-5-4-6-8-16-27(2)3)26-19-21-11-13-22(14-12-21)20-28-17-9-10-18-28;/h11-14H,4-10,15-20H2,1-3H3,(H2,24,25,26);1H. The molecule has 0 unspecified atom stereocenters. The Morgan fingerprint density at radius 2 is 1.55 bits per heavy atom. The number of nitrogens with zero attached hydrogens (tertiary/aromatic N) is 3. The first-order valence-corrected chi connectivity index (χ1v) is 11.1. The molecule has 1 aliphatic heterocycles. The van der Waals surface area contributed by atoms with Gasteiger partial charge in [0.1, 0.15) is 0 Å². The van der Waals surface area contributed by atoms with Gasteiger partial charge in [0.05, 0.1) is 0 Å². The van der Waals surface area contributed by atoms with Gasteiger partial charge in [0, 0.05) is 26.7 Å². The van der Waals surface area contributed by atoms with E-state index in [-0.39, 0.29) is 24.0 Å². The molecule has 1 saturated heterocycles. The van der Waals surface area contributed by atoms with Crippen molar-refractivity contribution in [3.05, 3.63) is 35.4 Å². The lowest BCUT2D eigenvalue weighted by Crippen LogP contribution is -2.37. The van der Waals surface area contributed by atoms with Crippen molar-refractivity contribution in [1.82, 2.24) is 20.4 Å². The molecule has 2 N–H and O–H groups in total. The second kappa shape index (κ2) is 15.9. The molecular formula is C23H42IN5. The number of hydrogen-bond acceptors (Lipinski definition) is 3. The fourth-order valence-electron chi connectivity index (χ4n) is 3.66. The molecule has 1 aliphatic rings. The smallest absolute Gasteiger partial charge is 0.191 e. The summed E-state index contributed by atoms with van der Waals surface area (Å²) < 4.78 is 0. The second-order valence-electron chi connectivity index (χ2n) is 8.22. The summed E-state index contributed by atoms with van der Waals surface area (Å²) in [4.78, 5) is 9.14. The van der Waals surface area contributed by atoms with Gasteiger partial charge in [0.2, 0.25) is 0 Å². The Morgan fingerprint density at radius 3 is 2.21 bits per heavy atom. The number of hydrogen-bond donors (Lipinski definition) is 2. The Hall–Kier alpha value is -0.860. The Labute approximate surface area is 195 Å². The van der Waals surface area contributed by atoms with Crippen LogP contribution in [0.4, 0.5) is 0 Å².